The van der Waals surface area contributed by atoms with Crippen molar-refractivity contribution in [3.05, 3.63) is 12.2 Å². The fourth-order valence-corrected chi connectivity index (χ4v) is 2.14. The van der Waals surface area contributed by atoms with Crippen LogP contribution in [0.5, 0.6) is 0 Å². The van der Waals surface area contributed by atoms with Crippen molar-refractivity contribution < 1.29 is 24.3 Å². The van der Waals surface area contributed by atoms with E-state index in [1.807, 2.05) is 0 Å². The van der Waals surface area contributed by atoms with Crippen molar-refractivity contribution in [2.45, 2.75) is 25.7 Å². The molecule has 0 unspecified atom stereocenters. The highest BCUT2D eigenvalue weighted by atomic mass is 16.4. The molecule has 1 rings (SSSR count). The normalized spacial score (nSPS) is 13.8. The number of unbranched alkanes of at least 4 members (excludes halogenated alkanes) is 2. The van der Waals surface area contributed by atoms with Crippen molar-refractivity contribution in [3.8, 4) is 0 Å². The van der Waals surface area contributed by atoms with Gasteiger partial charge in [-0.1, -0.05) is 6.42 Å². The second kappa shape index (κ2) is 8.93. The molecule has 1 heterocycles. The maximum atomic E-state index is 11.9. The van der Waals surface area contributed by atoms with Crippen molar-refractivity contribution >= 4 is 23.7 Å². The van der Waals surface area contributed by atoms with Crippen LogP contribution in [0.1, 0.15) is 25.7 Å². The average molecular weight is 311 g/mol. The predicted molar refractivity (Wildman–Crippen MR) is 77.6 cm³/mol. The molecule has 0 bridgehead atoms. The number of hydrogen-bond donors (Lipinski definition) is 2. The number of carbonyl (C=O) groups excluding carboxylic acids is 3. The number of nitrogens with two attached hydrogens (primary N) is 1. The Morgan fingerprint density at radius 1 is 1.14 bits per heavy atom. The molecule has 0 fully saturated rings. The van der Waals surface area contributed by atoms with Crippen LogP contribution in [0.25, 0.3) is 0 Å². The van der Waals surface area contributed by atoms with Crippen LogP contribution in [-0.2, 0) is 19.2 Å². The fourth-order valence-electron chi connectivity index (χ4n) is 2.14. The van der Waals surface area contributed by atoms with Crippen LogP contribution in [0.2, 0.25) is 0 Å². The molecule has 0 atom stereocenters. The number of carboxylic acid groups (broad SMARTS) is 1. The second-order valence-electron chi connectivity index (χ2n) is 4.97. The Balaban J connectivity index is 2.22. The molecule has 22 heavy (non-hydrogen) atoms. The number of imide groups is 1. The molecule has 0 radical (unpaired) electrons. The highest BCUT2D eigenvalue weighted by molar-refractivity contribution is 6.12. The lowest BCUT2D eigenvalue weighted by Crippen LogP contribution is -2.39. The van der Waals surface area contributed by atoms with E-state index in [9.17, 15) is 19.2 Å². The fraction of sp³-hybridized carbons (Fsp3) is 0.571. The smallest absolute Gasteiger partial charge is 0.323 e. The zero-order valence-corrected chi connectivity index (χ0v) is 12.4. The van der Waals surface area contributed by atoms with Gasteiger partial charge in [0.05, 0.1) is 0 Å². The van der Waals surface area contributed by atoms with Gasteiger partial charge >= 0.3 is 5.97 Å². The van der Waals surface area contributed by atoms with Crippen LogP contribution in [0.3, 0.4) is 0 Å². The zero-order chi connectivity index (χ0) is 16.5. The molecule has 0 aromatic rings. The minimum atomic E-state index is -1.07. The number of nitrogens with zero attached hydrogens (tertiary/aromatic N) is 2. The summed E-state index contributed by atoms with van der Waals surface area (Å²) in [4.78, 5) is 47.5. The summed E-state index contributed by atoms with van der Waals surface area (Å²) in [6.07, 6.45) is 4.57. The molecule has 0 aromatic heterocycles. The maximum Gasteiger partial charge on any atom is 0.323 e. The molecular formula is C14H21N3O5. The lowest BCUT2D eigenvalue weighted by atomic mass is 10.1. The molecule has 0 saturated carbocycles. The van der Waals surface area contributed by atoms with E-state index in [4.69, 9.17) is 10.8 Å². The first-order valence-corrected chi connectivity index (χ1v) is 7.19. The Bertz CT molecular complexity index is 457. The molecule has 8 nitrogen and oxygen atoms in total. The van der Waals surface area contributed by atoms with E-state index in [0.29, 0.717) is 25.8 Å². The van der Waals surface area contributed by atoms with E-state index in [1.54, 1.807) is 0 Å². The van der Waals surface area contributed by atoms with Gasteiger partial charge in [0, 0.05) is 38.2 Å². The van der Waals surface area contributed by atoms with Gasteiger partial charge in [0.1, 0.15) is 6.54 Å². The third-order valence-electron chi connectivity index (χ3n) is 3.25. The third-order valence-corrected chi connectivity index (χ3v) is 3.25. The Morgan fingerprint density at radius 2 is 1.77 bits per heavy atom. The summed E-state index contributed by atoms with van der Waals surface area (Å²) in [5, 5.41) is 8.73. The minimum Gasteiger partial charge on any atom is -0.480 e. The summed E-state index contributed by atoms with van der Waals surface area (Å²) >= 11 is 0. The number of aliphatic carboxylic acids is 1. The Labute approximate surface area is 128 Å². The quantitative estimate of drug-likeness (QED) is 0.408. The molecule has 122 valence electrons. The monoisotopic (exact) mass is 311 g/mol. The van der Waals surface area contributed by atoms with E-state index in [-0.39, 0.29) is 43.8 Å². The summed E-state index contributed by atoms with van der Waals surface area (Å²) < 4.78 is 0. The van der Waals surface area contributed by atoms with Crippen LogP contribution >= 0.6 is 0 Å². The van der Waals surface area contributed by atoms with E-state index in [1.165, 1.54) is 17.1 Å². The van der Waals surface area contributed by atoms with Gasteiger partial charge in [0.2, 0.25) is 5.91 Å². The van der Waals surface area contributed by atoms with Crippen molar-refractivity contribution in [1.29, 1.82) is 0 Å². The number of rotatable bonds is 10. The molecule has 0 aromatic carbocycles. The van der Waals surface area contributed by atoms with Crippen LogP contribution in [0.15, 0.2) is 12.2 Å². The van der Waals surface area contributed by atoms with Crippen molar-refractivity contribution in [1.82, 2.24) is 9.80 Å². The highest BCUT2D eigenvalue weighted by Gasteiger charge is 2.22. The summed E-state index contributed by atoms with van der Waals surface area (Å²) in [6.45, 7) is 0.414. The van der Waals surface area contributed by atoms with Gasteiger partial charge in [0.15, 0.2) is 0 Å². The molecule has 0 aliphatic carbocycles. The van der Waals surface area contributed by atoms with Gasteiger partial charge in [-0.25, -0.2) is 0 Å². The van der Waals surface area contributed by atoms with Crippen molar-refractivity contribution in [2.75, 3.05) is 26.2 Å². The van der Waals surface area contributed by atoms with Gasteiger partial charge in [-0.3, -0.25) is 24.1 Å². The van der Waals surface area contributed by atoms with Gasteiger partial charge in [-0.15, -0.1) is 0 Å². The molecule has 8 heteroatoms. The first-order chi connectivity index (χ1) is 10.5. The summed E-state index contributed by atoms with van der Waals surface area (Å²) in [7, 11) is 0. The largest absolute Gasteiger partial charge is 0.480 e. The Hall–Kier alpha value is -2.22. The van der Waals surface area contributed by atoms with Crippen LogP contribution in [0.4, 0.5) is 0 Å². The van der Waals surface area contributed by atoms with Crippen molar-refractivity contribution in [3.63, 3.8) is 0 Å². The predicted octanol–water partition coefficient (Wildman–Crippen LogP) is -0.656. The second-order valence-corrected chi connectivity index (χ2v) is 4.97. The first kappa shape index (κ1) is 17.8. The average Bonchev–Trinajstić information content (AvgIpc) is 2.77. The first-order valence-electron chi connectivity index (χ1n) is 7.19. The van der Waals surface area contributed by atoms with Crippen LogP contribution < -0.4 is 5.73 Å². The SMILES string of the molecule is NCCN(CC(=O)O)C(=O)CCCCCN1C(=O)C=CC1=O. The zero-order valence-electron chi connectivity index (χ0n) is 12.4. The number of amides is 3. The Kier molecular flexibility index (Phi) is 7.24. The molecule has 3 amide bonds. The summed E-state index contributed by atoms with van der Waals surface area (Å²) in [6, 6.07) is 0. The lowest BCUT2D eigenvalue weighted by Gasteiger charge is -2.19. The molecule has 0 saturated heterocycles. The van der Waals surface area contributed by atoms with Gasteiger partial charge in [0.25, 0.3) is 11.8 Å². The molecule has 1 aliphatic rings. The molecular weight excluding hydrogens is 290 g/mol. The number of carboxylic acids is 1. The van der Waals surface area contributed by atoms with Crippen LogP contribution in [0, 0.1) is 0 Å². The van der Waals surface area contributed by atoms with E-state index >= 15 is 0 Å². The van der Waals surface area contributed by atoms with E-state index < -0.39 is 5.97 Å². The molecule has 1 aliphatic heterocycles. The number of hydrogen-bond acceptors (Lipinski definition) is 5. The molecule has 3 N–H and O–H groups in total. The summed E-state index contributed by atoms with van der Waals surface area (Å²) in [5.41, 5.74) is 5.35. The van der Waals surface area contributed by atoms with Crippen LogP contribution in [-0.4, -0.2) is 64.8 Å². The molecule has 0 spiro atoms. The lowest BCUT2D eigenvalue weighted by molar-refractivity contribution is -0.144. The minimum absolute atomic E-state index is 0.213. The van der Waals surface area contributed by atoms with E-state index in [0.717, 1.165) is 4.90 Å². The van der Waals surface area contributed by atoms with Gasteiger partial charge in [-0.2, -0.15) is 0 Å². The topological polar surface area (TPSA) is 121 Å². The van der Waals surface area contributed by atoms with Gasteiger partial charge in [-0.05, 0) is 12.8 Å². The summed E-state index contributed by atoms with van der Waals surface area (Å²) in [5.74, 6) is -1.93. The third kappa shape index (κ3) is 5.65. The maximum absolute atomic E-state index is 11.9. The highest BCUT2D eigenvalue weighted by Crippen LogP contribution is 2.08. The van der Waals surface area contributed by atoms with Crippen molar-refractivity contribution in [2.24, 2.45) is 5.73 Å². The Morgan fingerprint density at radius 3 is 2.32 bits per heavy atom. The van der Waals surface area contributed by atoms with Gasteiger partial charge < -0.3 is 15.7 Å². The van der Waals surface area contributed by atoms with E-state index in [2.05, 4.69) is 0 Å². The standard InChI is InChI=1S/C14H21N3O5/c15-7-9-16(10-14(21)22)11(18)4-2-1-3-8-17-12(19)5-6-13(17)20/h5-6H,1-4,7-10,15H2,(H,21,22). The number of carbonyl (C=O) groups is 4.